The largest absolute Gasteiger partial charge is 0.481 e. The van der Waals surface area contributed by atoms with E-state index < -0.39 is 5.97 Å². The van der Waals surface area contributed by atoms with E-state index in [0.717, 1.165) is 0 Å². The SMILES string of the molecule is O=C(O)CCCOc1ccncn1. The molecule has 0 aliphatic carbocycles. The van der Waals surface area contributed by atoms with E-state index in [1.807, 2.05) is 0 Å². The molecule has 1 N–H and O–H groups in total. The summed E-state index contributed by atoms with van der Waals surface area (Å²) in [7, 11) is 0. The zero-order valence-corrected chi connectivity index (χ0v) is 7.01. The average molecular weight is 182 g/mol. The minimum absolute atomic E-state index is 0.116. The third-order valence-electron chi connectivity index (χ3n) is 1.34. The van der Waals surface area contributed by atoms with E-state index in [1.165, 1.54) is 6.33 Å². The molecular weight excluding hydrogens is 172 g/mol. The molecule has 1 aromatic rings. The zero-order valence-electron chi connectivity index (χ0n) is 7.01. The van der Waals surface area contributed by atoms with Gasteiger partial charge < -0.3 is 9.84 Å². The van der Waals surface area contributed by atoms with Crippen LogP contribution in [-0.2, 0) is 4.79 Å². The molecule has 0 atom stereocenters. The first-order valence-electron chi connectivity index (χ1n) is 3.89. The summed E-state index contributed by atoms with van der Waals surface area (Å²) in [6.07, 6.45) is 3.55. The number of carboxylic acid groups (broad SMARTS) is 1. The van der Waals surface area contributed by atoms with Gasteiger partial charge in [0, 0.05) is 18.7 Å². The zero-order chi connectivity index (χ0) is 9.52. The number of hydrogen-bond donors (Lipinski definition) is 1. The lowest BCUT2D eigenvalue weighted by molar-refractivity contribution is -0.137. The molecule has 0 radical (unpaired) electrons. The van der Waals surface area contributed by atoms with E-state index >= 15 is 0 Å². The van der Waals surface area contributed by atoms with E-state index in [-0.39, 0.29) is 6.42 Å². The summed E-state index contributed by atoms with van der Waals surface area (Å²) < 4.78 is 5.14. The smallest absolute Gasteiger partial charge is 0.303 e. The van der Waals surface area contributed by atoms with Gasteiger partial charge in [0.05, 0.1) is 6.61 Å². The van der Waals surface area contributed by atoms with Crippen LogP contribution in [0.2, 0.25) is 0 Å². The number of aromatic nitrogens is 2. The van der Waals surface area contributed by atoms with Crippen LogP contribution in [0.3, 0.4) is 0 Å². The maximum absolute atomic E-state index is 10.1. The Balaban J connectivity index is 2.17. The van der Waals surface area contributed by atoms with Crippen LogP contribution >= 0.6 is 0 Å². The second-order valence-corrected chi connectivity index (χ2v) is 2.39. The van der Waals surface area contributed by atoms with Crippen molar-refractivity contribution in [2.45, 2.75) is 12.8 Å². The molecular formula is C8H10N2O3. The minimum atomic E-state index is -0.814. The Bertz CT molecular complexity index is 263. The summed E-state index contributed by atoms with van der Waals surface area (Å²) in [5.41, 5.74) is 0. The highest BCUT2D eigenvalue weighted by atomic mass is 16.5. The minimum Gasteiger partial charge on any atom is -0.481 e. The number of carbonyl (C=O) groups is 1. The van der Waals surface area contributed by atoms with Crippen molar-refractivity contribution in [2.75, 3.05) is 6.61 Å². The van der Waals surface area contributed by atoms with Gasteiger partial charge >= 0.3 is 5.97 Å². The monoisotopic (exact) mass is 182 g/mol. The number of rotatable bonds is 5. The lowest BCUT2D eigenvalue weighted by Crippen LogP contribution is -2.02. The Morgan fingerprint density at radius 1 is 1.62 bits per heavy atom. The maximum atomic E-state index is 10.1. The fraction of sp³-hybridized carbons (Fsp3) is 0.375. The van der Waals surface area contributed by atoms with E-state index in [2.05, 4.69) is 9.97 Å². The van der Waals surface area contributed by atoms with Gasteiger partial charge in [0.25, 0.3) is 0 Å². The second kappa shape index (κ2) is 5.08. The van der Waals surface area contributed by atoms with Gasteiger partial charge in [0.15, 0.2) is 0 Å². The Morgan fingerprint density at radius 2 is 2.46 bits per heavy atom. The third-order valence-corrected chi connectivity index (χ3v) is 1.34. The molecule has 13 heavy (non-hydrogen) atoms. The molecule has 0 spiro atoms. The predicted octanol–water partition coefficient (Wildman–Crippen LogP) is 0.720. The van der Waals surface area contributed by atoms with Crippen molar-refractivity contribution in [2.24, 2.45) is 0 Å². The van der Waals surface area contributed by atoms with Crippen molar-refractivity contribution in [3.8, 4) is 5.88 Å². The lowest BCUT2D eigenvalue weighted by Gasteiger charge is -2.01. The lowest BCUT2D eigenvalue weighted by atomic mass is 10.3. The van der Waals surface area contributed by atoms with Crippen molar-refractivity contribution in [3.63, 3.8) is 0 Å². The van der Waals surface area contributed by atoms with Crippen molar-refractivity contribution < 1.29 is 14.6 Å². The molecule has 1 rings (SSSR count). The Labute approximate surface area is 75.4 Å². The van der Waals surface area contributed by atoms with Crippen molar-refractivity contribution >= 4 is 5.97 Å². The number of hydrogen-bond acceptors (Lipinski definition) is 4. The second-order valence-electron chi connectivity index (χ2n) is 2.39. The molecule has 1 heterocycles. The molecule has 0 aromatic carbocycles. The number of carboxylic acids is 1. The molecule has 70 valence electrons. The summed E-state index contributed by atoms with van der Waals surface area (Å²) in [6, 6.07) is 1.63. The van der Waals surface area contributed by atoms with Gasteiger partial charge in [-0.3, -0.25) is 4.79 Å². The van der Waals surface area contributed by atoms with Crippen LogP contribution in [0.5, 0.6) is 5.88 Å². The molecule has 1 aromatic heterocycles. The first kappa shape index (κ1) is 9.44. The summed E-state index contributed by atoms with van der Waals surface area (Å²) in [6.45, 7) is 0.364. The fourth-order valence-electron chi connectivity index (χ4n) is 0.764. The van der Waals surface area contributed by atoms with Gasteiger partial charge in [-0.2, -0.15) is 0 Å². The molecule has 5 nitrogen and oxygen atoms in total. The third kappa shape index (κ3) is 4.05. The summed E-state index contributed by atoms with van der Waals surface area (Å²) in [4.78, 5) is 17.7. The average Bonchev–Trinajstić information content (AvgIpc) is 2.14. The normalized spacial score (nSPS) is 9.54. The van der Waals surface area contributed by atoms with Crippen LogP contribution < -0.4 is 4.74 Å². The molecule has 0 unspecified atom stereocenters. The molecule has 0 saturated heterocycles. The molecule has 0 saturated carbocycles. The predicted molar refractivity (Wildman–Crippen MR) is 44.4 cm³/mol. The van der Waals surface area contributed by atoms with Gasteiger partial charge in [-0.1, -0.05) is 0 Å². The van der Waals surface area contributed by atoms with Crippen LogP contribution in [0.1, 0.15) is 12.8 Å². The van der Waals surface area contributed by atoms with E-state index in [0.29, 0.717) is 18.9 Å². The van der Waals surface area contributed by atoms with Crippen LogP contribution in [0.4, 0.5) is 0 Å². The highest BCUT2D eigenvalue weighted by Crippen LogP contribution is 2.02. The molecule has 0 fully saturated rings. The van der Waals surface area contributed by atoms with Gasteiger partial charge in [-0.25, -0.2) is 9.97 Å². The van der Waals surface area contributed by atoms with Crippen molar-refractivity contribution in [1.29, 1.82) is 0 Å². The van der Waals surface area contributed by atoms with Crippen LogP contribution in [0.15, 0.2) is 18.6 Å². The van der Waals surface area contributed by atoms with Gasteiger partial charge in [0.2, 0.25) is 5.88 Å². The highest BCUT2D eigenvalue weighted by molar-refractivity contribution is 5.66. The number of ether oxygens (including phenoxy) is 1. The molecule has 0 bridgehead atoms. The van der Waals surface area contributed by atoms with E-state index in [1.54, 1.807) is 12.3 Å². The summed E-state index contributed by atoms with van der Waals surface area (Å²) in [5.74, 6) is -0.341. The number of aliphatic carboxylic acids is 1. The van der Waals surface area contributed by atoms with Gasteiger partial charge in [-0.05, 0) is 6.42 Å². The summed E-state index contributed by atoms with van der Waals surface area (Å²) >= 11 is 0. The molecule has 0 aliphatic rings. The molecule has 5 heteroatoms. The van der Waals surface area contributed by atoms with Gasteiger partial charge in [0.1, 0.15) is 6.33 Å². The molecule has 0 aliphatic heterocycles. The highest BCUT2D eigenvalue weighted by Gasteiger charge is 1.97. The van der Waals surface area contributed by atoms with E-state index in [9.17, 15) is 4.79 Å². The maximum Gasteiger partial charge on any atom is 0.303 e. The number of nitrogens with zero attached hydrogens (tertiary/aromatic N) is 2. The van der Waals surface area contributed by atoms with Crippen LogP contribution in [0, 0.1) is 0 Å². The van der Waals surface area contributed by atoms with E-state index in [4.69, 9.17) is 9.84 Å². The first-order valence-corrected chi connectivity index (χ1v) is 3.89. The summed E-state index contributed by atoms with van der Waals surface area (Å²) in [5, 5.41) is 8.33. The Hall–Kier alpha value is -1.65. The van der Waals surface area contributed by atoms with Crippen LogP contribution in [-0.4, -0.2) is 27.7 Å². The Kier molecular flexibility index (Phi) is 3.69. The van der Waals surface area contributed by atoms with Crippen molar-refractivity contribution in [3.05, 3.63) is 18.6 Å². The quantitative estimate of drug-likeness (QED) is 0.679. The fourth-order valence-corrected chi connectivity index (χ4v) is 0.764. The molecule has 0 amide bonds. The topological polar surface area (TPSA) is 72.3 Å². The first-order chi connectivity index (χ1) is 6.29. The van der Waals surface area contributed by atoms with Crippen LogP contribution in [0.25, 0.3) is 0 Å². The Morgan fingerprint density at radius 3 is 3.08 bits per heavy atom. The van der Waals surface area contributed by atoms with Crippen molar-refractivity contribution in [1.82, 2.24) is 9.97 Å². The standard InChI is InChI=1S/C8H10N2O3/c11-8(12)2-1-5-13-7-3-4-9-6-10-7/h3-4,6H,1-2,5H2,(H,11,12). The van der Waals surface area contributed by atoms with Gasteiger partial charge in [-0.15, -0.1) is 0 Å².